The average molecular weight is 378 g/mol. The second kappa shape index (κ2) is 8.07. The third-order valence-corrected chi connectivity index (χ3v) is 3.54. The lowest BCUT2D eigenvalue weighted by atomic mass is 10.1. The van der Waals surface area contributed by atoms with Crippen molar-refractivity contribution in [3.8, 4) is 5.75 Å². The molecule has 146 valence electrons. The van der Waals surface area contributed by atoms with Crippen molar-refractivity contribution in [3.05, 3.63) is 29.8 Å². The van der Waals surface area contributed by atoms with E-state index in [2.05, 4.69) is 5.32 Å². The fourth-order valence-corrected chi connectivity index (χ4v) is 2.32. The molecule has 1 aliphatic heterocycles. The number of alkyl carbamates (subject to hydrolysis) is 1. The van der Waals surface area contributed by atoms with Crippen molar-refractivity contribution in [2.24, 2.45) is 0 Å². The highest BCUT2D eigenvalue weighted by Crippen LogP contribution is 2.16. The number of nitrogens with one attached hydrogen (secondary N) is 1. The van der Waals surface area contributed by atoms with E-state index in [1.54, 1.807) is 32.9 Å². The fraction of sp³-hybridized carbons (Fsp3) is 0.444. The zero-order chi connectivity index (χ0) is 20.2. The second-order valence-corrected chi connectivity index (χ2v) is 7.06. The minimum absolute atomic E-state index is 0.00851. The maximum absolute atomic E-state index is 12.5. The summed E-state index contributed by atoms with van der Waals surface area (Å²) in [4.78, 5) is 52.7. The lowest BCUT2D eigenvalue weighted by molar-refractivity contribution is -0.198. The SMILES string of the molecule is CC(C)(C)OC(=O)N[C@H](Cc1ccc(O)cc1)C(=O)ON1C(=O)CCC1=O. The van der Waals surface area contributed by atoms with Gasteiger partial charge in [-0.25, -0.2) is 9.59 Å². The van der Waals surface area contributed by atoms with Gasteiger partial charge in [-0.15, -0.1) is 5.06 Å². The summed E-state index contributed by atoms with van der Waals surface area (Å²) in [5.74, 6) is -2.16. The normalized spacial score (nSPS) is 15.4. The smallest absolute Gasteiger partial charge is 0.408 e. The van der Waals surface area contributed by atoms with Crippen LogP contribution in [-0.2, 0) is 30.4 Å². The molecule has 1 aromatic carbocycles. The van der Waals surface area contributed by atoms with Crippen molar-refractivity contribution < 1.29 is 33.9 Å². The van der Waals surface area contributed by atoms with Crippen molar-refractivity contribution in [2.45, 2.75) is 51.7 Å². The van der Waals surface area contributed by atoms with Gasteiger partial charge >= 0.3 is 12.1 Å². The van der Waals surface area contributed by atoms with Crippen molar-refractivity contribution in [3.63, 3.8) is 0 Å². The molecule has 1 aliphatic rings. The summed E-state index contributed by atoms with van der Waals surface area (Å²) in [5.41, 5.74) is -0.164. The summed E-state index contributed by atoms with van der Waals surface area (Å²) < 4.78 is 5.14. The topological polar surface area (TPSA) is 122 Å². The standard InChI is InChI=1S/C18H22N2O7/c1-18(2,3)26-17(25)19-13(10-11-4-6-12(21)7-5-11)16(24)27-20-14(22)8-9-15(20)23/h4-7,13,21H,8-10H2,1-3H3,(H,19,25)/t13-/m1/s1. The quantitative estimate of drug-likeness (QED) is 0.743. The third kappa shape index (κ3) is 5.98. The predicted octanol–water partition coefficient (Wildman–Crippen LogP) is 1.44. The van der Waals surface area contributed by atoms with E-state index in [1.807, 2.05) is 0 Å². The molecule has 0 aromatic heterocycles. The number of phenolic OH excluding ortho intramolecular Hbond substituents is 1. The highest BCUT2D eigenvalue weighted by molar-refractivity contribution is 6.01. The van der Waals surface area contributed by atoms with Crippen LogP contribution in [0.3, 0.4) is 0 Å². The number of rotatable bonds is 5. The first kappa shape index (κ1) is 20.2. The van der Waals surface area contributed by atoms with Crippen LogP contribution in [0.2, 0.25) is 0 Å². The molecule has 3 amide bonds. The Hall–Kier alpha value is -3.10. The van der Waals surface area contributed by atoms with Gasteiger partial charge in [0, 0.05) is 19.3 Å². The molecule has 1 fully saturated rings. The highest BCUT2D eigenvalue weighted by Gasteiger charge is 2.35. The molecular weight excluding hydrogens is 356 g/mol. The van der Waals surface area contributed by atoms with E-state index < -0.39 is 35.5 Å². The highest BCUT2D eigenvalue weighted by atomic mass is 16.7. The Morgan fingerprint density at radius 2 is 1.70 bits per heavy atom. The summed E-state index contributed by atoms with van der Waals surface area (Å²) in [6, 6.07) is 4.79. The van der Waals surface area contributed by atoms with Gasteiger partial charge in [0.05, 0.1) is 0 Å². The first-order valence-corrected chi connectivity index (χ1v) is 8.40. The number of benzene rings is 1. The first-order valence-electron chi connectivity index (χ1n) is 8.40. The summed E-state index contributed by atoms with van der Waals surface area (Å²) in [6.07, 6.45) is -0.904. The molecule has 0 unspecified atom stereocenters. The molecule has 0 saturated carbocycles. The molecule has 1 heterocycles. The number of carbonyl (C=O) groups is 4. The predicted molar refractivity (Wildman–Crippen MR) is 92.1 cm³/mol. The molecule has 0 spiro atoms. The molecule has 1 saturated heterocycles. The van der Waals surface area contributed by atoms with Crippen molar-refractivity contribution in [2.75, 3.05) is 0 Å². The van der Waals surface area contributed by atoms with Gasteiger partial charge in [-0.2, -0.15) is 0 Å². The van der Waals surface area contributed by atoms with Crippen molar-refractivity contribution in [1.29, 1.82) is 0 Å². The van der Waals surface area contributed by atoms with Gasteiger partial charge in [-0.05, 0) is 38.5 Å². The van der Waals surface area contributed by atoms with Crippen molar-refractivity contribution in [1.82, 2.24) is 10.4 Å². The van der Waals surface area contributed by atoms with E-state index in [9.17, 15) is 24.3 Å². The summed E-state index contributed by atoms with van der Waals surface area (Å²) in [6.45, 7) is 5.00. The number of phenols is 1. The minimum Gasteiger partial charge on any atom is -0.508 e. The second-order valence-electron chi connectivity index (χ2n) is 7.06. The third-order valence-electron chi connectivity index (χ3n) is 3.54. The molecular formula is C18H22N2O7. The number of carbonyl (C=O) groups excluding carboxylic acids is 4. The molecule has 27 heavy (non-hydrogen) atoms. The van der Waals surface area contributed by atoms with Gasteiger partial charge in [0.15, 0.2) is 0 Å². The van der Waals surface area contributed by atoms with E-state index >= 15 is 0 Å². The number of ether oxygens (including phenoxy) is 1. The Kier molecular flexibility index (Phi) is 6.04. The molecule has 2 N–H and O–H groups in total. The lowest BCUT2D eigenvalue weighted by Gasteiger charge is -2.23. The van der Waals surface area contributed by atoms with Gasteiger partial charge in [-0.1, -0.05) is 12.1 Å². The zero-order valence-electron chi connectivity index (χ0n) is 15.4. The minimum atomic E-state index is -1.20. The molecule has 0 radical (unpaired) electrons. The van der Waals surface area contributed by atoms with E-state index in [0.29, 0.717) is 10.6 Å². The summed E-state index contributed by atoms with van der Waals surface area (Å²) >= 11 is 0. The Morgan fingerprint density at radius 1 is 1.15 bits per heavy atom. The maximum Gasteiger partial charge on any atom is 0.408 e. The largest absolute Gasteiger partial charge is 0.508 e. The Balaban J connectivity index is 2.13. The van der Waals surface area contributed by atoms with Crippen LogP contribution in [0.4, 0.5) is 4.79 Å². The maximum atomic E-state index is 12.5. The molecule has 2 rings (SSSR count). The van der Waals surface area contributed by atoms with Gasteiger partial charge in [0.2, 0.25) is 0 Å². The van der Waals surface area contributed by atoms with Gasteiger partial charge in [0.1, 0.15) is 17.4 Å². The summed E-state index contributed by atoms with van der Waals surface area (Å²) in [7, 11) is 0. The number of hydrogen-bond donors (Lipinski definition) is 2. The molecule has 0 aliphatic carbocycles. The average Bonchev–Trinajstić information content (AvgIpc) is 2.86. The monoisotopic (exact) mass is 378 g/mol. The molecule has 1 aromatic rings. The Labute approximate surface area is 156 Å². The Morgan fingerprint density at radius 3 is 2.22 bits per heavy atom. The van der Waals surface area contributed by atoms with E-state index in [-0.39, 0.29) is 25.0 Å². The number of hydrogen-bond acceptors (Lipinski definition) is 7. The lowest BCUT2D eigenvalue weighted by Crippen LogP contribution is -2.48. The van der Waals surface area contributed by atoms with Gasteiger partial charge in [-0.3, -0.25) is 9.59 Å². The van der Waals surface area contributed by atoms with Gasteiger partial charge < -0.3 is 20.0 Å². The molecule has 9 heteroatoms. The molecule has 1 atom stereocenters. The van der Waals surface area contributed by atoms with Gasteiger partial charge in [0.25, 0.3) is 11.8 Å². The Bertz CT molecular complexity index is 721. The van der Waals surface area contributed by atoms with Crippen LogP contribution in [0.5, 0.6) is 5.75 Å². The summed E-state index contributed by atoms with van der Waals surface area (Å²) in [5, 5.41) is 12.2. The van der Waals surface area contributed by atoms with E-state index in [4.69, 9.17) is 9.57 Å². The number of nitrogens with zero attached hydrogens (tertiary/aromatic N) is 1. The number of aromatic hydroxyl groups is 1. The van der Waals surface area contributed by atoms with Crippen LogP contribution in [-0.4, -0.2) is 45.7 Å². The molecule has 0 bridgehead atoms. The van der Waals surface area contributed by atoms with Crippen LogP contribution in [0.1, 0.15) is 39.2 Å². The molecule has 9 nitrogen and oxygen atoms in total. The fourth-order valence-electron chi connectivity index (χ4n) is 2.32. The van der Waals surface area contributed by atoms with Crippen LogP contribution < -0.4 is 5.32 Å². The van der Waals surface area contributed by atoms with E-state index in [1.165, 1.54) is 12.1 Å². The first-order chi connectivity index (χ1) is 12.5. The number of hydroxylamine groups is 2. The number of amides is 3. The van der Waals surface area contributed by atoms with Crippen LogP contribution in [0.25, 0.3) is 0 Å². The van der Waals surface area contributed by atoms with E-state index in [0.717, 1.165) is 0 Å². The van der Waals surface area contributed by atoms with Crippen LogP contribution in [0.15, 0.2) is 24.3 Å². The van der Waals surface area contributed by atoms with Crippen LogP contribution >= 0.6 is 0 Å². The number of imide groups is 1. The van der Waals surface area contributed by atoms with Crippen molar-refractivity contribution >= 4 is 23.9 Å². The zero-order valence-corrected chi connectivity index (χ0v) is 15.4. The van der Waals surface area contributed by atoms with Crippen LogP contribution in [0, 0.1) is 0 Å².